The Morgan fingerprint density at radius 3 is 2.42 bits per heavy atom. The van der Waals surface area contributed by atoms with Crippen molar-refractivity contribution in [2.75, 3.05) is 11.2 Å². The SMILES string of the molecule is CC(=O)Oc1ccc(NC(=O)CCl)cc1C(=O)N[C@@H](C)c1ccccc1. The first kappa shape index (κ1) is 19.5. The summed E-state index contributed by atoms with van der Waals surface area (Å²) in [5.74, 6) is -1.49. The predicted octanol–water partition coefficient (Wildman–Crippen LogP) is 3.28. The zero-order valence-electron chi connectivity index (χ0n) is 14.4. The van der Waals surface area contributed by atoms with Gasteiger partial charge in [-0.25, -0.2) is 0 Å². The van der Waals surface area contributed by atoms with Gasteiger partial charge < -0.3 is 15.4 Å². The summed E-state index contributed by atoms with van der Waals surface area (Å²) in [5, 5.41) is 5.41. The van der Waals surface area contributed by atoms with Crippen LogP contribution in [0.3, 0.4) is 0 Å². The summed E-state index contributed by atoms with van der Waals surface area (Å²) < 4.78 is 5.10. The second-order valence-corrected chi connectivity index (χ2v) is 5.86. The normalized spacial score (nSPS) is 11.3. The Hall–Kier alpha value is -2.86. The van der Waals surface area contributed by atoms with Crippen LogP contribution in [-0.2, 0) is 9.59 Å². The largest absolute Gasteiger partial charge is 0.426 e. The van der Waals surface area contributed by atoms with Crippen LogP contribution >= 0.6 is 11.6 Å². The van der Waals surface area contributed by atoms with Crippen LogP contribution in [0.5, 0.6) is 5.75 Å². The Labute approximate surface area is 156 Å². The van der Waals surface area contributed by atoms with Crippen molar-refractivity contribution in [1.82, 2.24) is 5.32 Å². The molecule has 0 bridgehead atoms. The van der Waals surface area contributed by atoms with Gasteiger partial charge in [-0.3, -0.25) is 14.4 Å². The minimum absolute atomic E-state index is 0.110. The highest BCUT2D eigenvalue weighted by molar-refractivity contribution is 6.29. The van der Waals surface area contributed by atoms with Crippen molar-refractivity contribution in [2.45, 2.75) is 19.9 Å². The molecule has 0 heterocycles. The van der Waals surface area contributed by atoms with Gasteiger partial charge in [0.25, 0.3) is 5.91 Å². The smallest absolute Gasteiger partial charge is 0.308 e. The molecule has 0 aliphatic rings. The lowest BCUT2D eigenvalue weighted by molar-refractivity contribution is -0.131. The van der Waals surface area contributed by atoms with E-state index in [0.717, 1.165) is 5.56 Å². The summed E-state index contributed by atoms with van der Waals surface area (Å²) in [6, 6.07) is 13.6. The van der Waals surface area contributed by atoms with Crippen LogP contribution in [0.4, 0.5) is 5.69 Å². The molecule has 2 N–H and O–H groups in total. The summed E-state index contributed by atoms with van der Waals surface area (Å²) in [6.45, 7) is 3.09. The lowest BCUT2D eigenvalue weighted by Crippen LogP contribution is -2.27. The van der Waals surface area contributed by atoms with E-state index < -0.39 is 17.8 Å². The summed E-state index contributed by atoms with van der Waals surface area (Å²) in [4.78, 5) is 35.5. The Kier molecular flexibility index (Phi) is 6.74. The zero-order valence-corrected chi connectivity index (χ0v) is 15.2. The number of carbonyl (C=O) groups is 3. The van der Waals surface area contributed by atoms with Crippen LogP contribution in [0.1, 0.15) is 35.8 Å². The summed E-state index contributed by atoms with van der Waals surface area (Å²) in [6.07, 6.45) is 0. The number of amides is 2. The highest BCUT2D eigenvalue weighted by atomic mass is 35.5. The molecule has 7 heteroatoms. The van der Waals surface area contributed by atoms with Crippen LogP contribution < -0.4 is 15.4 Å². The minimum Gasteiger partial charge on any atom is -0.426 e. The van der Waals surface area contributed by atoms with Crippen molar-refractivity contribution in [3.05, 3.63) is 59.7 Å². The zero-order chi connectivity index (χ0) is 19.1. The third kappa shape index (κ3) is 5.32. The fraction of sp³-hybridized carbons (Fsp3) is 0.211. The van der Waals surface area contributed by atoms with Gasteiger partial charge in [-0.05, 0) is 30.7 Å². The number of halogens is 1. The molecule has 1 atom stereocenters. The third-order valence-corrected chi connectivity index (χ3v) is 3.77. The van der Waals surface area contributed by atoms with Crippen molar-refractivity contribution in [1.29, 1.82) is 0 Å². The lowest BCUT2D eigenvalue weighted by Gasteiger charge is -2.16. The molecule has 2 rings (SSSR count). The Balaban J connectivity index is 2.27. The van der Waals surface area contributed by atoms with Gasteiger partial charge >= 0.3 is 5.97 Å². The average molecular weight is 375 g/mol. The number of nitrogens with one attached hydrogen (secondary N) is 2. The fourth-order valence-electron chi connectivity index (χ4n) is 2.32. The van der Waals surface area contributed by atoms with Crippen molar-refractivity contribution < 1.29 is 19.1 Å². The van der Waals surface area contributed by atoms with E-state index in [0.29, 0.717) is 5.69 Å². The fourth-order valence-corrected chi connectivity index (χ4v) is 2.39. The van der Waals surface area contributed by atoms with Crippen LogP contribution in [0.25, 0.3) is 0 Å². The first-order valence-electron chi connectivity index (χ1n) is 7.94. The van der Waals surface area contributed by atoms with E-state index in [4.69, 9.17) is 16.3 Å². The van der Waals surface area contributed by atoms with Crippen LogP contribution in [0.15, 0.2) is 48.5 Å². The van der Waals surface area contributed by atoms with Crippen LogP contribution in [-0.4, -0.2) is 23.7 Å². The van der Waals surface area contributed by atoms with E-state index in [-0.39, 0.29) is 23.2 Å². The van der Waals surface area contributed by atoms with Crippen LogP contribution in [0.2, 0.25) is 0 Å². The molecule has 26 heavy (non-hydrogen) atoms. The van der Waals surface area contributed by atoms with Crippen LogP contribution in [0, 0.1) is 0 Å². The van der Waals surface area contributed by atoms with Gasteiger partial charge in [0.1, 0.15) is 11.6 Å². The molecule has 2 aromatic rings. The van der Waals surface area contributed by atoms with E-state index in [2.05, 4.69) is 10.6 Å². The van der Waals surface area contributed by atoms with Gasteiger partial charge in [-0.1, -0.05) is 30.3 Å². The third-order valence-electron chi connectivity index (χ3n) is 3.53. The van der Waals surface area contributed by atoms with E-state index in [1.807, 2.05) is 37.3 Å². The number of benzene rings is 2. The van der Waals surface area contributed by atoms with Gasteiger partial charge in [0.15, 0.2) is 0 Å². The summed E-state index contributed by atoms with van der Waals surface area (Å²) in [7, 11) is 0. The van der Waals surface area contributed by atoms with E-state index in [1.54, 1.807) is 0 Å². The monoisotopic (exact) mass is 374 g/mol. The highest BCUT2D eigenvalue weighted by Crippen LogP contribution is 2.24. The maximum absolute atomic E-state index is 12.7. The molecule has 0 radical (unpaired) electrons. The van der Waals surface area contributed by atoms with Crippen molar-refractivity contribution in [2.24, 2.45) is 0 Å². The molecule has 0 aromatic heterocycles. The Morgan fingerprint density at radius 1 is 1.12 bits per heavy atom. The van der Waals surface area contributed by atoms with Crippen molar-refractivity contribution in [3.8, 4) is 5.75 Å². The molecule has 6 nitrogen and oxygen atoms in total. The number of rotatable bonds is 6. The Morgan fingerprint density at radius 2 is 1.81 bits per heavy atom. The quantitative estimate of drug-likeness (QED) is 0.461. The molecule has 0 fully saturated rings. The number of esters is 1. The molecule has 0 aliphatic heterocycles. The maximum atomic E-state index is 12.7. The van der Waals surface area contributed by atoms with E-state index >= 15 is 0 Å². The number of hydrogen-bond donors (Lipinski definition) is 2. The standard InChI is InChI=1S/C19H19ClN2O4/c1-12(14-6-4-3-5-7-14)21-19(25)16-10-15(22-18(24)11-20)8-9-17(16)26-13(2)23/h3-10,12H,11H2,1-2H3,(H,21,25)(H,22,24)/t12-/m0/s1. The summed E-state index contributed by atoms with van der Waals surface area (Å²) >= 11 is 5.48. The molecular weight excluding hydrogens is 356 g/mol. The molecule has 2 amide bonds. The molecule has 2 aromatic carbocycles. The first-order chi connectivity index (χ1) is 12.4. The second kappa shape index (κ2) is 9.01. The van der Waals surface area contributed by atoms with Gasteiger partial charge in [-0.2, -0.15) is 0 Å². The van der Waals surface area contributed by atoms with Crippen molar-refractivity contribution >= 4 is 35.1 Å². The van der Waals surface area contributed by atoms with E-state index in [9.17, 15) is 14.4 Å². The van der Waals surface area contributed by atoms with Gasteiger partial charge in [0.05, 0.1) is 11.6 Å². The number of alkyl halides is 1. The topological polar surface area (TPSA) is 84.5 Å². The predicted molar refractivity (Wildman–Crippen MR) is 99.4 cm³/mol. The maximum Gasteiger partial charge on any atom is 0.308 e. The van der Waals surface area contributed by atoms with Crippen molar-refractivity contribution in [3.63, 3.8) is 0 Å². The lowest BCUT2D eigenvalue weighted by atomic mass is 10.1. The molecule has 0 spiro atoms. The second-order valence-electron chi connectivity index (χ2n) is 5.59. The Bertz CT molecular complexity index is 808. The van der Waals surface area contributed by atoms with E-state index in [1.165, 1.54) is 25.1 Å². The van der Waals surface area contributed by atoms with Gasteiger partial charge in [0.2, 0.25) is 5.91 Å². The molecule has 0 saturated heterocycles. The minimum atomic E-state index is -0.548. The average Bonchev–Trinajstić information content (AvgIpc) is 2.63. The molecule has 0 saturated carbocycles. The number of anilines is 1. The molecular formula is C19H19ClN2O4. The number of ether oxygens (including phenoxy) is 1. The molecule has 0 unspecified atom stereocenters. The molecule has 136 valence electrons. The first-order valence-corrected chi connectivity index (χ1v) is 8.48. The van der Waals surface area contributed by atoms with Gasteiger partial charge in [0, 0.05) is 12.6 Å². The number of hydrogen-bond acceptors (Lipinski definition) is 4. The number of carbonyl (C=O) groups excluding carboxylic acids is 3. The highest BCUT2D eigenvalue weighted by Gasteiger charge is 2.18. The van der Waals surface area contributed by atoms with Gasteiger partial charge in [-0.15, -0.1) is 11.6 Å². The summed E-state index contributed by atoms with van der Waals surface area (Å²) in [5.41, 5.74) is 1.45. The molecule has 0 aliphatic carbocycles.